The van der Waals surface area contributed by atoms with Gasteiger partial charge in [0, 0.05) is 0 Å². The summed E-state index contributed by atoms with van der Waals surface area (Å²) in [6, 6.07) is 0. The number of hydrogen-bond donors (Lipinski definition) is 0. The minimum atomic E-state index is -8.17. The van der Waals surface area contributed by atoms with Crippen LogP contribution in [0, 0.1) is 0 Å². The Labute approximate surface area is 188 Å². The molecule has 0 bridgehead atoms. The minimum absolute atomic E-state index is 0.0645. The molecule has 0 unspecified atom stereocenters. The van der Waals surface area contributed by atoms with E-state index in [-0.39, 0.29) is 20.8 Å². The first-order valence-corrected chi connectivity index (χ1v) is 11.0. The molecule has 0 aromatic rings. The third-order valence-corrected chi connectivity index (χ3v) is 10.3. The molecule has 1 aliphatic heterocycles. The van der Waals surface area contributed by atoms with Crippen molar-refractivity contribution < 1.29 is 92.6 Å². The van der Waals surface area contributed by atoms with Gasteiger partial charge < -0.3 is 0 Å². The van der Waals surface area contributed by atoms with Crippen LogP contribution in [0.4, 0.5) is 79.0 Å². The molecule has 0 atom stereocenters. The van der Waals surface area contributed by atoms with Gasteiger partial charge in [0.15, 0.2) is 0 Å². The van der Waals surface area contributed by atoms with Crippen molar-refractivity contribution in [3.63, 3.8) is 0 Å². The Balaban J connectivity index is 4.51. The fourth-order valence-electron chi connectivity index (χ4n) is 3.13. The Morgan fingerprint density at radius 1 is 0.528 bits per heavy atom. The fourth-order valence-corrected chi connectivity index (χ4v) is 6.79. The van der Waals surface area contributed by atoms with Crippen LogP contribution in [0.5, 0.6) is 0 Å². The third-order valence-electron chi connectivity index (χ3n) is 5.23. The molecule has 1 saturated heterocycles. The molecule has 22 heteroatoms. The summed E-state index contributed by atoms with van der Waals surface area (Å²) in [5.74, 6) is 0. The summed E-state index contributed by atoms with van der Waals surface area (Å²) in [4.78, 5) is 0. The molecule has 1 rings (SSSR count). The number of rotatable bonds is 2. The summed E-state index contributed by atoms with van der Waals surface area (Å²) in [5.41, 5.74) is -15.3. The van der Waals surface area contributed by atoms with Crippen LogP contribution in [0.15, 0.2) is 0 Å². The van der Waals surface area contributed by atoms with E-state index in [9.17, 15) is 79.0 Å². The maximum absolute atomic E-state index is 13.8. The molecule has 0 spiro atoms. The summed E-state index contributed by atoms with van der Waals surface area (Å²) >= 11 is 0. The summed E-state index contributed by atoms with van der Waals surface area (Å²) < 4.78 is 254. The molecule has 36 heavy (non-hydrogen) atoms. The molecule has 1 aliphatic rings. The monoisotopic (exact) mass is 602 g/mol. The molecule has 0 aromatic carbocycles. The van der Waals surface area contributed by atoms with Crippen molar-refractivity contribution in [1.29, 1.82) is 0 Å². The number of alkyl halides is 18. The Hall–Kier alpha value is -0.950. The maximum atomic E-state index is 13.8. The van der Waals surface area contributed by atoms with E-state index >= 15 is 0 Å². The molecular formula is C14H13F18O3P. The Bertz CT molecular complexity index is 755. The van der Waals surface area contributed by atoms with Gasteiger partial charge in [-0.15, -0.1) is 0 Å². The SMILES string of the molecule is CC(C)(C)P1(C)(OC(C(F)(F)F)C(F)(F)F)OC(C(F)(F)F)(C(F)(F)F)C(C(F)(F)F)(C(F)(F)F)O1. The van der Waals surface area contributed by atoms with E-state index in [0.717, 1.165) is 0 Å². The Morgan fingerprint density at radius 2 is 0.750 bits per heavy atom. The zero-order valence-electron chi connectivity index (χ0n) is 17.6. The van der Waals surface area contributed by atoms with Crippen LogP contribution in [-0.2, 0) is 13.6 Å². The molecule has 0 amide bonds. The average Bonchev–Trinajstić information content (AvgIpc) is 2.80. The molecule has 0 aliphatic carbocycles. The van der Waals surface area contributed by atoms with E-state index in [1.54, 1.807) is 0 Å². The molecular weight excluding hydrogens is 589 g/mol. The van der Waals surface area contributed by atoms with Crippen LogP contribution >= 0.6 is 7.28 Å². The third kappa shape index (κ3) is 4.38. The van der Waals surface area contributed by atoms with Gasteiger partial charge in [-0.2, -0.15) is 0 Å². The van der Waals surface area contributed by atoms with Gasteiger partial charge in [0.2, 0.25) is 0 Å². The molecule has 3 nitrogen and oxygen atoms in total. The second-order valence-electron chi connectivity index (χ2n) is 8.54. The normalized spacial score (nSPS) is 24.5. The molecule has 218 valence electrons. The van der Waals surface area contributed by atoms with E-state index in [1.165, 1.54) is 0 Å². The zero-order chi connectivity index (χ0) is 29.6. The van der Waals surface area contributed by atoms with Gasteiger partial charge in [0.25, 0.3) is 0 Å². The predicted molar refractivity (Wildman–Crippen MR) is 81.4 cm³/mol. The summed E-state index contributed by atoms with van der Waals surface area (Å²) in [6.45, 7) is -0.569. The zero-order valence-corrected chi connectivity index (χ0v) is 18.4. The van der Waals surface area contributed by atoms with E-state index < -0.39 is 73.5 Å². The predicted octanol–water partition coefficient (Wildman–Crippen LogP) is 8.00. The van der Waals surface area contributed by atoms with Crippen LogP contribution < -0.4 is 0 Å². The van der Waals surface area contributed by atoms with Gasteiger partial charge in [0.05, 0.1) is 0 Å². The number of halogens is 18. The van der Waals surface area contributed by atoms with E-state index in [1.807, 2.05) is 0 Å². The van der Waals surface area contributed by atoms with Crippen molar-refractivity contribution in [2.45, 2.75) is 80.3 Å². The average molecular weight is 602 g/mol. The van der Waals surface area contributed by atoms with E-state index in [0.29, 0.717) is 0 Å². The molecule has 1 heterocycles. The van der Waals surface area contributed by atoms with Crippen LogP contribution in [0.1, 0.15) is 20.8 Å². The van der Waals surface area contributed by atoms with Gasteiger partial charge in [-0.25, -0.2) is 0 Å². The Morgan fingerprint density at radius 3 is 0.889 bits per heavy atom. The first-order chi connectivity index (χ1) is 15.1. The van der Waals surface area contributed by atoms with Crippen molar-refractivity contribution >= 4 is 7.28 Å². The van der Waals surface area contributed by atoms with Crippen LogP contribution in [-0.4, -0.2) is 66.2 Å². The Kier molecular flexibility index (Phi) is 7.17. The first-order valence-electron chi connectivity index (χ1n) is 8.59. The van der Waals surface area contributed by atoms with Crippen molar-refractivity contribution in [1.82, 2.24) is 0 Å². The quantitative estimate of drug-likeness (QED) is 0.237. The van der Waals surface area contributed by atoms with Crippen molar-refractivity contribution in [3.8, 4) is 0 Å². The van der Waals surface area contributed by atoms with Gasteiger partial charge >= 0.3 is 187 Å². The molecule has 1 fully saturated rings. The second-order valence-corrected chi connectivity index (χ2v) is 13.0. The van der Waals surface area contributed by atoms with Crippen molar-refractivity contribution in [3.05, 3.63) is 0 Å². The molecule has 0 radical (unpaired) electrons. The second kappa shape index (κ2) is 7.80. The summed E-state index contributed by atoms with van der Waals surface area (Å²) in [7, 11) is -8.17. The van der Waals surface area contributed by atoms with Crippen molar-refractivity contribution in [2.24, 2.45) is 0 Å². The van der Waals surface area contributed by atoms with Gasteiger partial charge in [-0.3, -0.25) is 0 Å². The van der Waals surface area contributed by atoms with Crippen molar-refractivity contribution in [2.75, 3.05) is 6.66 Å². The molecule has 0 saturated carbocycles. The van der Waals surface area contributed by atoms with Crippen LogP contribution in [0.3, 0.4) is 0 Å². The van der Waals surface area contributed by atoms with Gasteiger partial charge in [-0.1, -0.05) is 0 Å². The topological polar surface area (TPSA) is 27.7 Å². The van der Waals surface area contributed by atoms with E-state index in [4.69, 9.17) is 0 Å². The van der Waals surface area contributed by atoms with Gasteiger partial charge in [-0.05, 0) is 0 Å². The molecule has 0 N–H and O–H groups in total. The summed E-state index contributed by atoms with van der Waals surface area (Å²) in [6.07, 6.45) is -50.7. The fraction of sp³-hybridized carbons (Fsp3) is 1.00. The van der Waals surface area contributed by atoms with E-state index in [2.05, 4.69) is 13.6 Å². The summed E-state index contributed by atoms with van der Waals surface area (Å²) in [5, 5.41) is -3.37. The number of hydrogen-bond acceptors (Lipinski definition) is 3. The standard InChI is InChI=1S/C14H13F18O3P/c1-6(2,3)36(4,33-5(7(15,16)17)8(18,19)20)34-9(11(21,22)23,12(24,25)26)10(35-36,13(27,28)29)14(30,31)32/h5H,1-4H3. The van der Waals surface area contributed by atoms with Crippen LogP contribution in [0.2, 0.25) is 0 Å². The first kappa shape index (κ1) is 33.1. The van der Waals surface area contributed by atoms with Gasteiger partial charge in [0.1, 0.15) is 0 Å². The molecule has 0 aromatic heterocycles. The van der Waals surface area contributed by atoms with Crippen LogP contribution in [0.25, 0.3) is 0 Å².